The predicted octanol–water partition coefficient (Wildman–Crippen LogP) is 0.499. The summed E-state index contributed by atoms with van der Waals surface area (Å²) in [6.07, 6.45) is 10.3. The summed E-state index contributed by atoms with van der Waals surface area (Å²) in [5, 5.41) is 0. The highest BCUT2D eigenvalue weighted by Gasteiger charge is 2.11. The van der Waals surface area contributed by atoms with Crippen LogP contribution in [0.3, 0.4) is 0 Å². The summed E-state index contributed by atoms with van der Waals surface area (Å²) < 4.78 is 3.58. The first-order valence-corrected chi connectivity index (χ1v) is 4.44. The Hall–Kier alpha value is -2.22. The van der Waals surface area contributed by atoms with E-state index in [2.05, 4.69) is 15.9 Å². The Morgan fingerprint density at radius 3 is 2.93 bits per heavy atom. The van der Waals surface area contributed by atoms with Gasteiger partial charge in [0.25, 0.3) is 0 Å². The first-order chi connectivity index (χ1) is 7.24. The van der Waals surface area contributed by atoms with Crippen LogP contribution in [-0.4, -0.2) is 19.1 Å². The van der Waals surface area contributed by atoms with E-state index in [-0.39, 0.29) is 0 Å². The number of nitrogen functional groups attached to an aromatic ring is 1. The average molecular weight is 201 g/mol. The molecule has 0 aliphatic carbocycles. The minimum Gasteiger partial charge on any atom is -0.383 e. The van der Waals surface area contributed by atoms with E-state index < -0.39 is 0 Å². The van der Waals surface area contributed by atoms with Gasteiger partial charge in [-0.3, -0.25) is 0 Å². The van der Waals surface area contributed by atoms with Crippen LogP contribution in [0, 0.1) is 12.3 Å². The fraction of sp³-hybridized carbons (Fsp3) is 0.200. The molecule has 0 fully saturated rings. The third-order valence-electron chi connectivity index (χ3n) is 2.20. The monoisotopic (exact) mass is 201 g/mol. The van der Waals surface area contributed by atoms with Crippen LogP contribution < -0.4 is 5.73 Å². The molecule has 0 bridgehead atoms. The van der Waals surface area contributed by atoms with Crippen molar-refractivity contribution in [2.75, 3.05) is 5.73 Å². The number of terminal acetylenes is 1. The molecule has 2 N–H and O–H groups in total. The molecule has 2 rings (SSSR count). The summed E-state index contributed by atoms with van der Waals surface area (Å²) in [6, 6.07) is 0. The van der Waals surface area contributed by atoms with Crippen LogP contribution in [0.2, 0.25) is 0 Å². The van der Waals surface area contributed by atoms with Crippen molar-refractivity contribution in [1.29, 1.82) is 0 Å². The van der Waals surface area contributed by atoms with E-state index in [0.717, 1.165) is 5.69 Å². The molecule has 0 atom stereocenters. The third-order valence-corrected chi connectivity index (χ3v) is 2.20. The molecule has 5 heteroatoms. The number of aromatic nitrogens is 4. The number of rotatable bonds is 2. The van der Waals surface area contributed by atoms with Gasteiger partial charge in [-0.15, -0.1) is 6.42 Å². The van der Waals surface area contributed by atoms with Crippen molar-refractivity contribution >= 4 is 5.82 Å². The van der Waals surface area contributed by atoms with E-state index in [4.69, 9.17) is 12.2 Å². The van der Waals surface area contributed by atoms with Gasteiger partial charge in [-0.2, -0.15) is 0 Å². The van der Waals surface area contributed by atoms with Gasteiger partial charge in [0.15, 0.2) is 0 Å². The van der Waals surface area contributed by atoms with Gasteiger partial charge in [-0.25, -0.2) is 9.97 Å². The van der Waals surface area contributed by atoms with E-state index in [1.807, 2.05) is 11.6 Å². The van der Waals surface area contributed by atoms with E-state index in [1.165, 1.54) is 0 Å². The van der Waals surface area contributed by atoms with E-state index in [1.54, 1.807) is 23.4 Å². The van der Waals surface area contributed by atoms with Gasteiger partial charge >= 0.3 is 0 Å². The Kier molecular flexibility index (Phi) is 2.18. The molecule has 0 aliphatic heterocycles. The number of hydrogen-bond acceptors (Lipinski definition) is 3. The Morgan fingerprint density at radius 1 is 1.53 bits per heavy atom. The number of nitrogens with two attached hydrogens (primary N) is 1. The molecule has 0 saturated heterocycles. The van der Waals surface area contributed by atoms with Crippen molar-refractivity contribution in [2.24, 2.45) is 7.05 Å². The predicted molar refractivity (Wildman–Crippen MR) is 57.7 cm³/mol. The largest absolute Gasteiger partial charge is 0.383 e. The van der Waals surface area contributed by atoms with Crippen molar-refractivity contribution < 1.29 is 0 Å². The maximum absolute atomic E-state index is 5.91. The van der Waals surface area contributed by atoms with Crippen molar-refractivity contribution in [3.63, 3.8) is 0 Å². The van der Waals surface area contributed by atoms with Gasteiger partial charge < -0.3 is 14.9 Å². The summed E-state index contributed by atoms with van der Waals surface area (Å²) in [7, 11) is 1.89. The van der Waals surface area contributed by atoms with E-state index in [0.29, 0.717) is 18.1 Å². The van der Waals surface area contributed by atoms with Crippen molar-refractivity contribution in [3.8, 4) is 23.7 Å². The maximum atomic E-state index is 5.91. The number of hydrogen-bond donors (Lipinski definition) is 1. The minimum atomic E-state index is 0.427. The number of aryl methyl sites for hydroxylation is 1. The molecule has 2 heterocycles. The first kappa shape index (κ1) is 9.34. The second kappa shape index (κ2) is 3.50. The van der Waals surface area contributed by atoms with Crippen LogP contribution in [0.1, 0.15) is 0 Å². The molecule has 0 radical (unpaired) electrons. The Labute approximate surface area is 87.6 Å². The molecular weight excluding hydrogens is 190 g/mol. The average Bonchev–Trinajstić information content (AvgIpc) is 2.76. The second-order valence-electron chi connectivity index (χ2n) is 3.20. The molecule has 2 aromatic rings. The third kappa shape index (κ3) is 1.46. The lowest BCUT2D eigenvalue weighted by Crippen LogP contribution is -2.01. The maximum Gasteiger partial charge on any atom is 0.134 e. The zero-order chi connectivity index (χ0) is 10.8. The van der Waals surface area contributed by atoms with Gasteiger partial charge in [0.1, 0.15) is 11.5 Å². The van der Waals surface area contributed by atoms with Crippen LogP contribution in [0.4, 0.5) is 5.82 Å². The lowest BCUT2D eigenvalue weighted by Gasteiger charge is -2.01. The first-order valence-electron chi connectivity index (χ1n) is 4.44. The van der Waals surface area contributed by atoms with Crippen LogP contribution in [0.5, 0.6) is 0 Å². The van der Waals surface area contributed by atoms with E-state index in [9.17, 15) is 0 Å². The highest BCUT2D eigenvalue weighted by molar-refractivity contribution is 5.67. The lowest BCUT2D eigenvalue weighted by molar-refractivity contribution is 0.851. The number of anilines is 1. The van der Waals surface area contributed by atoms with Crippen molar-refractivity contribution in [1.82, 2.24) is 19.1 Å². The fourth-order valence-electron chi connectivity index (χ4n) is 1.40. The molecule has 15 heavy (non-hydrogen) atoms. The topological polar surface area (TPSA) is 61.7 Å². The fourth-order valence-corrected chi connectivity index (χ4v) is 1.40. The quantitative estimate of drug-likeness (QED) is 0.720. The Balaban J connectivity index is 2.47. The SMILES string of the molecule is C#CCn1cnc(-c2cncn2C)c1N. The highest BCUT2D eigenvalue weighted by Crippen LogP contribution is 2.22. The summed E-state index contributed by atoms with van der Waals surface area (Å²) in [5.74, 6) is 3.08. The molecule has 0 amide bonds. The van der Waals surface area contributed by atoms with Crippen LogP contribution in [-0.2, 0) is 13.6 Å². The smallest absolute Gasteiger partial charge is 0.134 e. The summed E-state index contributed by atoms with van der Waals surface area (Å²) >= 11 is 0. The van der Waals surface area contributed by atoms with Gasteiger partial charge in [0.05, 0.1) is 31.1 Å². The number of imidazole rings is 2. The van der Waals surface area contributed by atoms with Crippen molar-refractivity contribution in [3.05, 3.63) is 18.9 Å². The second-order valence-corrected chi connectivity index (χ2v) is 3.20. The molecule has 0 aromatic carbocycles. The Bertz CT molecular complexity index is 514. The summed E-state index contributed by atoms with van der Waals surface area (Å²) in [6.45, 7) is 0.427. The Morgan fingerprint density at radius 2 is 2.33 bits per heavy atom. The summed E-state index contributed by atoms with van der Waals surface area (Å²) in [4.78, 5) is 8.23. The molecular formula is C10H11N5. The molecule has 2 aromatic heterocycles. The molecule has 5 nitrogen and oxygen atoms in total. The van der Waals surface area contributed by atoms with Gasteiger partial charge in [0, 0.05) is 7.05 Å². The van der Waals surface area contributed by atoms with E-state index >= 15 is 0 Å². The van der Waals surface area contributed by atoms with Crippen LogP contribution in [0.25, 0.3) is 11.4 Å². The lowest BCUT2D eigenvalue weighted by atomic mass is 10.3. The molecule has 0 unspecified atom stereocenters. The van der Waals surface area contributed by atoms with Crippen molar-refractivity contribution in [2.45, 2.75) is 6.54 Å². The van der Waals surface area contributed by atoms with Gasteiger partial charge in [-0.1, -0.05) is 5.92 Å². The van der Waals surface area contributed by atoms with Gasteiger partial charge in [0.2, 0.25) is 0 Å². The standard InChI is InChI=1S/C10H11N5/c1-3-4-15-7-13-9(10(15)11)8-5-12-6-14(8)2/h1,5-7H,4,11H2,2H3. The molecule has 0 aliphatic rings. The highest BCUT2D eigenvalue weighted by atomic mass is 15.1. The minimum absolute atomic E-state index is 0.427. The molecule has 0 saturated carbocycles. The molecule has 76 valence electrons. The van der Waals surface area contributed by atoms with Crippen LogP contribution in [0.15, 0.2) is 18.9 Å². The summed E-state index contributed by atoms with van der Waals surface area (Å²) in [5.41, 5.74) is 7.50. The zero-order valence-electron chi connectivity index (χ0n) is 8.38. The van der Waals surface area contributed by atoms with Crippen LogP contribution >= 0.6 is 0 Å². The van der Waals surface area contributed by atoms with Gasteiger partial charge in [-0.05, 0) is 0 Å². The number of nitrogens with zero attached hydrogens (tertiary/aromatic N) is 4. The molecule has 0 spiro atoms. The normalized spacial score (nSPS) is 10.1. The zero-order valence-corrected chi connectivity index (χ0v) is 8.38.